The number of nitrogens with one attached hydrogen (secondary N) is 2. The Morgan fingerprint density at radius 1 is 1.12 bits per heavy atom. The topological polar surface area (TPSA) is 71.8 Å². The number of pyridine rings is 1. The molecule has 0 saturated carbocycles. The monoisotopic (exact) mass is 323 g/mol. The van der Waals surface area contributed by atoms with Crippen molar-refractivity contribution in [1.82, 2.24) is 20.1 Å². The van der Waals surface area contributed by atoms with Crippen molar-refractivity contribution in [3.63, 3.8) is 0 Å². The van der Waals surface area contributed by atoms with Crippen molar-refractivity contribution in [2.24, 2.45) is 7.05 Å². The van der Waals surface area contributed by atoms with Gasteiger partial charge >= 0.3 is 0 Å². The number of hydrogen-bond acceptors (Lipinski definition) is 4. The van der Waals surface area contributed by atoms with Gasteiger partial charge in [-0.05, 0) is 32.0 Å². The maximum absolute atomic E-state index is 12.3. The van der Waals surface area contributed by atoms with Gasteiger partial charge in [-0.3, -0.25) is 9.48 Å². The summed E-state index contributed by atoms with van der Waals surface area (Å²) < 4.78 is 1.72. The van der Waals surface area contributed by atoms with E-state index in [1.807, 2.05) is 57.3 Å². The summed E-state index contributed by atoms with van der Waals surface area (Å²) in [5.41, 5.74) is 3.22. The number of carbonyl (C=O) groups is 1. The van der Waals surface area contributed by atoms with E-state index in [9.17, 15) is 4.79 Å². The highest BCUT2D eigenvalue weighted by molar-refractivity contribution is 5.96. The van der Waals surface area contributed by atoms with Crippen LogP contribution in [0.2, 0.25) is 0 Å². The first-order valence-corrected chi connectivity index (χ1v) is 7.94. The van der Waals surface area contributed by atoms with E-state index in [0.29, 0.717) is 18.7 Å². The maximum Gasteiger partial charge on any atom is 0.255 e. The molecule has 0 spiro atoms. The van der Waals surface area contributed by atoms with Gasteiger partial charge in [-0.15, -0.1) is 0 Å². The Hall–Kier alpha value is -2.89. The van der Waals surface area contributed by atoms with E-state index >= 15 is 0 Å². The number of para-hydroxylation sites is 1. The number of hydrogen-bond donors (Lipinski definition) is 2. The summed E-state index contributed by atoms with van der Waals surface area (Å²) in [4.78, 5) is 16.8. The summed E-state index contributed by atoms with van der Waals surface area (Å²) >= 11 is 0. The SMILES string of the molecule is Cc1nn(C)c(C)c1C(=O)NCCNc1ccc2ccccc2n1. The molecule has 3 rings (SSSR count). The molecule has 0 fully saturated rings. The zero-order chi connectivity index (χ0) is 17.1. The minimum Gasteiger partial charge on any atom is -0.368 e. The lowest BCUT2D eigenvalue weighted by atomic mass is 10.2. The number of nitrogens with zero attached hydrogens (tertiary/aromatic N) is 3. The van der Waals surface area contributed by atoms with E-state index < -0.39 is 0 Å². The molecule has 0 unspecified atom stereocenters. The highest BCUT2D eigenvalue weighted by Gasteiger charge is 2.16. The lowest BCUT2D eigenvalue weighted by molar-refractivity contribution is 0.0954. The molecule has 24 heavy (non-hydrogen) atoms. The first kappa shape index (κ1) is 16.0. The fourth-order valence-electron chi connectivity index (χ4n) is 2.72. The van der Waals surface area contributed by atoms with Crippen LogP contribution in [-0.2, 0) is 7.05 Å². The number of anilines is 1. The molecular weight excluding hydrogens is 302 g/mol. The molecule has 0 atom stereocenters. The molecule has 124 valence electrons. The third-order valence-electron chi connectivity index (χ3n) is 4.05. The fourth-order valence-corrected chi connectivity index (χ4v) is 2.72. The number of amides is 1. The molecule has 0 aliphatic rings. The summed E-state index contributed by atoms with van der Waals surface area (Å²) in [5.74, 6) is 0.711. The highest BCUT2D eigenvalue weighted by atomic mass is 16.1. The minimum absolute atomic E-state index is 0.0913. The Morgan fingerprint density at radius 2 is 1.92 bits per heavy atom. The first-order chi connectivity index (χ1) is 11.6. The second-order valence-electron chi connectivity index (χ2n) is 5.74. The number of rotatable bonds is 5. The first-order valence-electron chi connectivity index (χ1n) is 7.94. The summed E-state index contributed by atoms with van der Waals surface area (Å²) in [6.07, 6.45) is 0. The molecule has 3 aromatic rings. The number of fused-ring (bicyclic) bond motifs is 1. The van der Waals surface area contributed by atoms with Gasteiger partial charge < -0.3 is 10.6 Å². The summed E-state index contributed by atoms with van der Waals surface area (Å²) in [5, 5.41) is 11.5. The largest absolute Gasteiger partial charge is 0.368 e. The summed E-state index contributed by atoms with van der Waals surface area (Å²) in [6, 6.07) is 12.0. The van der Waals surface area contributed by atoms with Gasteiger partial charge in [-0.1, -0.05) is 18.2 Å². The van der Waals surface area contributed by atoms with Gasteiger partial charge in [-0.25, -0.2) is 4.98 Å². The smallest absolute Gasteiger partial charge is 0.255 e. The van der Waals surface area contributed by atoms with Crippen LogP contribution in [0.5, 0.6) is 0 Å². The molecule has 0 aliphatic heterocycles. The predicted octanol–water partition coefficient (Wildman–Crippen LogP) is 2.43. The van der Waals surface area contributed by atoms with Gasteiger partial charge in [0, 0.05) is 31.2 Å². The number of benzene rings is 1. The molecule has 0 radical (unpaired) electrons. The van der Waals surface area contributed by atoms with Gasteiger partial charge in [0.15, 0.2) is 0 Å². The highest BCUT2D eigenvalue weighted by Crippen LogP contribution is 2.14. The van der Waals surface area contributed by atoms with Crippen molar-refractivity contribution < 1.29 is 4.79 Å². The van der Waals surface area contributed by atoms with Crippen LogP contribution in [-0.4, -0.2) is 33.8 Å². The normalized spacial score (nSPS) is 10.8. The lowest BCUT2D eigenvalue weighted by Crippen LogP contribution is -2.29. The molecule has 0 aliphatic carbocycles. The van der Waals surface area contributed by atoms with Crippen molar-refractivity contribution in [3.8, 4) is 0 Å². The van der Waals surface area contributed by atoms with Crippen LogP contribution >= 0.6 is 0 Å². The number of carbonyl (C=O) groups excluding carboxylic acids is 1. The zero-order valence-corrected chi connectivity index (χ0v) is 14.1. The molecule has 6 heteroatoms. The molecule has 2 heterocycles. The Bertz CT molecular complexity index is 884. The predicted molar refractivity (Wildman–Crippen MR) is 95.2 cm³/mol. The van der Waals surface area contributed by atoms with Crippen molar-refractivity contribution in [1.29, 1.82) is 0 Å². The molecule has 2 aromatic heterocycles. The zero-order valence-electron chi connectivity index (χ0n) is 14.1. The van der Waals surface area contributed by atoms with E-state index in [4.69, 9.17) is 0 Å². The standard InChI is InChI=1S/C18H21N5O/c1-12-17(13(2)23(3)22-12)18(24)20-11-10-19-16-9-8-14-6-4-5-7-15(14)21-16/h4-9H,10-11H2,1-3H3,(H,19,21)(H,20,24). The minimum atomic E-state index is -0.0913. The quantitative estimate of drug-likeness (QED) is 0.707. The van der Waals surface area contributed by atoms with E-state index in [1.54, 1.807) is 4.68 Å². The van der Waals surface area contributed by atoms with Crippen molar-refractivity contribution in [2.75, 3.05) is 18.4 Å². The Morgan fingerprint density at radius 3 is 2.67 bits per heavy atom. The van der Waals surface area contributed by atoms with Crippen LogP contribution in [0, 0.1) is 13.8 Å². The molecule has 2 N–H and O–H groups in total. The van der Waals surface area contributed by atoms with Gasteiger partial charge in [0.2, 0.25) is 0 Å². The van der Waals surface area contributed by atoms with E-state index in [-0.39, 0.29) is 5.91 Å². The average molecular weight is 323 g/mol. The van der Waals surface area contributed by atoms with Crippen LogP contribution in [0.1, 0.15) is 21.7 Å². The number of aromatic nitrogens is 3. The molecule has 1 amide bonds. The van der Waals surface area contributed by atoms with Crippen LogP contribution in [0.25, 0.3) is 10.9 Å². The molecular formula is C18H21N5O. The molecule has 1 aromatic carbocycles. The van der Waals surface area contributed by atoms with Crippen LogP contribution in [0.4, 0.5) is 5.82 Å². The van der Waals surface area contributed by atoms with Crippen LogP contribution < -0.4 is 10.6 Å². The van der Waals surface area contributed by atoms with E-state index in [0.717, 1.165) is 28.1 Å². The number of aryl methyl sites for hydroxylation is 2. The Balaban J connectivity index is 1.55. The van der Waals surface area contributed by atoms with Crippen LogP contribution in [0.3, 0.4) is 0 Å². The molecule has 0 saturated heterocycles. The Kier molecular flexibility index (Phi) is 4.46. The van der Waals surface area contributed by atoms with Gasteiger partial charge in [0.1, 0.15) is 5.82 Å². The fraction of sp³-hybridized carbons (Fsp3) is 0.278. The Labute approximate surface area is 140 Å². The average Bonchev–Trinajstić information content (AvgIpc) is 2.83. The van der Waals surface area contributed by atoms with Crippen molar-refractivity contribution >= 4 is 22.6 Å². The van der Waals surface area contributed by atoms with Crippen LogP contribution in [0.15, 0.2) is 36.4 Å². The third-order valence-corrected chi connectivity index (χ3v) is 4.05. The second kappa shape index (κ2) is 6.70. The second-order valence-corrected chi connectivity index (χ2v) is 5.74. The van der Waals surface area contributed by atoms with E-state index in [2.05, 4.69) is 20.7 Å². The van der Waals surface area contributed by atoms with Gasteiger partial charge in [0.25, 0.3) is 5.91 Å². The van der Waals surface area contributed by atoms with E-state index in [1.165, 1.54) is 0 Å². The van der Waals surface area contributed by atoms with Gasteiger partial charge in [-0.2, -0.15) is 5.10 Å². The van der Waals surface area contributed by atoms with Crippen molar-refractivity contribution in [2.45, 2.75) is 13.8 Å². The van der Waals surface area contributed by atoms with Gasteiger partial charge in [0.05, 0.1) is 16.8 Å². The molecule has 6 nitrogen and oxygen atoms in total. The lowest BCUT2D eigenvalue weighted by Gasteiger charge is -2.08. The summed E-state index contributed by atoms with van der Waals surface area (Å²) in [6.45, 7) is 4.86. The van der Waals surface area contributed by atoms with Crippen molar-refractivity contribution in [3.05, 3.63) is 53.3 Å². The summed E-state index contributed by atoms with van der Waals surface area (Å²) in [7, 11) is 1.84. The maximum atomic E-state index is 12.3. The molecule has 0 bridgehead atoms. The third kappa shape index (κ3) is 3.22.